The van der Waals surface area contributed by atoms with Crippen molar-refractivity contribution in [2.45, 2.75) is 78.3 Å². The van der Waals surface area contributed by atoms with Gasteiger partial charge in [-0.1, -0.05) is 6.92 Å². The molecule has 0 radical (unpaired) electrons. The molecule has 3 heterocycles. The third-order valence-corrected chi connectivity index (χ3v) is 9.54. The minimum Gasteiger partial charge on any atom is -0.351 e. The van der Waals surface area contributed by atoms with Gasteiger partial charge in [0.1, 0.15) is 17.9 Å². The van der Waals surface area contributed by atoms with E-state index in [1.54, 1.807) is 11.3 Å². The SMILES string of the molecule is CCc1nn(CC(=O)N[C@H](C)C23CC4CC(CC(C4)C2)C3)c(=O)c2cc3sc(C)cc3n12. The summed E-state index contributed by atoms with van der Waals surface area (Å²) in [5.41, 5.74) is 1.71. The van der Waals surface area contributed by atoms with Crippen LogP contribution < -0.4 is 10.9 Å². The molecule has 4 bridgehead atoms. The number of hydrogen-bond donors (Lipinski definition) is 1. The van der Waals surface area contributed by atoms with E-state index in [-0.39, 0.29) is 29.5 Å². The summed E-state index contributed by atoms with van der Waals surface area (Å²) in [5, 5.41) is 7.88. The molecule has 0 unspecified atom stereocenters. The Kier molecular flexibility index (Phi) is 4.59. The number of amides is 1. The molecule has 0 spiro atoms. The second-order valence-electron chi connectivity index (χ2n) is 10.8. The number of thiophene rings is 1. The lowest BCUT2D eigenvalue weighted by atomic mass is 9.48. The van der Waals surface area contributed by atoms with E-state index >= 15 is 0 Å². The highest BCUT2D eigenvalue weighted by atomic mass is 32.1. The molecule has 1 amide bonds. The second kappa shape index (κ2) is 7.17. The first-order valence-corrected chi connectivity index (χ1v) is 13.0. The Morgan fingerprint density at radius 1 is 1.19 bits per heavy atom. The number of carbonyl (C=O) groups excluding carboxylic acids is 1. The lowest BCUT2D eigenvalue weighted by Crippen LogP contribution is -2.56. The van der Waals surface area contributed by atoms with Crippen LogP contribution in [-0.2, 0) is 17.8 Å². The van der Waals surface area contributed by atoms with Gasteiger partial charge in [0, 0.05) is 17.3 Å². The van der Waals surface area contributed by atoms with Crippen LogP contribution in [0.5, 0.6) is 0 Å². The molecule has 0 aliphatic heterocycles. The molecule has 7 heteroatoms. The van der Waals surface area contributed by atoms with Crippen molar-refractivity contribution < 1.29 is 4.79 Å². The fraction of sp³-hybridized carbons (Fsp3) is 0.640. The summed E-state index contributed by atoms with van der Waals surface area (Å²) in [6.45, 7) is 6.28. The number of carbonyl (C=O) groups is 1. The molecule has 170 valence electrons. The highest BCUT2D eigenvalue weighted by Crippen LogP contribution is 2.61. The minimum absolute atomic E-state index is 0.0170. The molecule has 4 aliphatic rings. The third kappa shape index (κ3) is 3.07. The Morgan fingerprint density at radius 3 is 2.47 bits per heavy atom. The molecule has 4 aliphatic carbocycles. The van der Waals surface area contributed by atoms with Gasteiger partial charge in [0.05, 0.1) is 10.2 Å². The third-order valence-electron chi connectivity index (χ3n) is 8.55. The van der Waals surface area contributed by atoms with E-state index in [4.69, 9.17) is 0 Å². The summed E-state index contributed by atoms with van der Waals surface area (Å²) < 4.78 is 4.42. The van der Waals surface area contributed by atoms with Gasteiger partial charge in [-0.2, -0.15) is 5.10 Å². The molecule has 7 rings (SSSR count). The van der Waals surface area contributed by atoms with Crippen LogP contribution in [-0.4, -0.2) is 26.1 Å². The maximum Gasteiger partial charge on any atom is 0.291 e. The van der Waals surface area contributed by atoms with Crippen molar-refractivity contribution in [2.75, 3.05) is 0 Å². The molecule has 6 nitrogen and oxygen atoms in total. The predicted molar refractivity (Wildman–Crippen MR) is 127 cm³/mol. The average Bonchev–Trinajstić information content (AvgIpc) is 3.25. The maximum atomic E-state index is 13.2. The normalized spacial score (nSPS) is 29.8. The first-order chi connectivity index (χ1) is 15.3. The molecule has 3 aromatic heterocycles. The van der Waals surface area contributed by atoms with Crippen molar-refractivity contribution in [3.8, 4) is 0 Å². The van der Waals surface area contributed by atoms with Gasteiger partial charge in [-0.3, -0.25) is 14.0 Å². The topological polar surface area (TPSA) is 68.4 Å². The van der Waals surface area contributed by atoms with Crippen LogP contribution in [0.2, 0.25) is 0 Å². The number of fused-ring (bicyclic) bond motifs is 3. The van der Waals surface area contributed by atoms with Crippen LogP contribution in [0, 0.1) is 30.1 Å². The van der Waals surface area contributed by atoms with Crippen LogP contribution in [0.25, 0.3) is 15.7 Å². The van der Waals surface area contributed by atoms with Gasteiger partial charge in [0.2, 0.25) is 5.91 Å². The molecule has 1 atom stereocenters. The summed E-state index contributed by atoms with van der Waals surface area (Å²) in [4.78, 5) is 27.5. The van der Waals surface area contributed by atoms with E-state index in [9.17, 15) is 9.59 Å². The fourth-order valence-corrected chi connectivity index (χ4v) is 8.48. The quantitative estimate of drug-likeness (QED) is 0.627. The summed E-state index contributed by atoms with van der Waals surface area (Å²) in [6.07, 6.45) is 8.65. The number of hydrogen-bond acceptors (Lipinski definition) is 4. The maximum absolute atomic E-state index is 13.2. The Labute approximate surface area is 192 Å². The average molecular weight is 453 g/mol. The summed E-state index contributed by atoms with van der Waals surface area (Å²) in [6, 6.07) is 4.20. The molecule has 3 aromatic rings. The van der Waals surface area contributed by atoms with Crippen LogP contribution in [0.15, 0.2) is 16.9 Å². The van der Waals surface area contributed by atoms with Crippen molar-refractivity contribution in [1.29, 1.82) is 0 Å². The van der Waals surface area contributed by atoms with Crippen LogP contribution in [0.1, 0.15) is 63.1 Å². The molecule has 4 saturated carbocycles. The zero-order chi connectivity index (χ0) is 22.2. The largest absolute Gasteiger partial charge is 0.351 e. The van der Waals surface area contributed by atoms with Gasteiger partial charge in [-0.25, -0.2) is 4.68 Å². The summed E-state index contributed by atoms with van der Waals surface area (Å²) >= 11 is 1.69. The molecule has 0 aromatic carbocycles. The summed E-state index contributed by atoms with van der Waals surface area (Å²) in [7, 11) is 0. The van der Waals surface area contributed by atoms with Crippen molar-refractivity contribution >= 4 is 33.0 Å². The Balaban J connectivity index is 1.26. The molecule has 0 saturated heterocycles. The zero-order valence-corrected chi connectivity index (χ0v) is 20.0. The van der Waals surface area contributed by atoms with Gasteiger partial charge in [0.25, 0.3) is 5.56 Å². The smallest absolute Gasteiger partial charge is 0.291 e. The molecular formula is C25H32N4O2S. The van der Waals surface area contributed by atoms with Crippen molar-refractivity contribution in [2.24, 2.45) is 23.2 Å². The van der Waals surface area contributed by atoms with Gasteiger partial charge in [0.15, 0.2) is 0 Å². The highest BCUT2D eigenvalue weighted by molar-refractivity contribution is 7.19. The van der Waals surface area contributed by atoms with E-state index in [1.807, 2.05) is 17.4 Å². The van der Waals surface area contributed by atoms with Crippen LogP contribution in [0.4, 0.5) is 0 Å². The predicted octanol–water partition coefficient (Wildman–Crippen LogP) is 4.30. The number of nitrogens with one attached hydrogen (secondary N) is 1. The first kappa shape index (κ1) is 20.5. The Morgan fingerprint density at radius 2 is 1.84 bits per heavy atom. The van der Waals surface area contributed by atoms with E-state index in [0.29, 0.717) is 11.9 Å². The van der Waals surface area contributed by atoms with Gasteiger partial charge in [-0.15, -0.1) is 11.3 Å². The monoisotopic (exact) mass is 452 g/mol. The molecule has 32 heavy (non-hydrogen) atoms. The summed E-state index contributed by atoms with van der Waals surface area (Å²) in [5.74, 6) is 3.27. The Hall–Kier alpha value is -2.15. The standard InChI is InChI=1S/C25H32N4O2S/c1-4-22-27-28(24(31)20-9-21-19(29(20)22)5-14(2)32-21)13-23(30)26-15(3)25-10-16-6-17(11-25)8-18(7-16)12-25/h5,9,15-18H,4,6-8,10-13H2,1-3H3,(H,26,30)/t15-,16?,17?,18?,25?/m1/s1. The number of aryl methyl sites for hydroxylation is 2. The van der Waals surface area contributed by atoms with Gasteiger partial charge >= 0.3 is 0 Å². The highest BCUT2D eigenvalue weighted by Gasteiger charge is 2.53. The van der Waals surface area contributed by atoms with Crippen molar-refractivity contribution in [3.63, 3.8) is 0 Å². The van der Waals surface area contributed by atoms with Crippen LogP contribution >= 0.6 is 11.3 Å². The second-order valence-corrected chi connectivity index (χ2v) is 12.1. The zero-order valence-electron chi connectivity index (χ0n) is 19.2. The number of aromatic nitrogens is 3. The van der Waals surface area contributed by atoms with E-state index in [0.717, 1.165) is 33.8 Å². The van der Waals surface area contributed by atoms with Crippen molar-refractivity contribution in [1.82, 2.24) is 19.5 Å². The van der Waals surface area contributed by atoms with Crippen molar-refractivity contribution in [3.05, 3.63) is 33.2 Å². The lowest BCUT2D eigenvalue weighted by Gasteiger charge is -2.59. The minimum atomic E-state index is -0.194. The number of nitrogens with zero attached hydrogens (tertiary/aromatic N) is 3. The van der Waals surface area contributed by atoms with Gasteiger partial charge < -0.3 is 5.32 Å². The van der Waals surface area contributed by atoms with E-state index < -0.39 is 0 Å². The van der Waals surface area contributed by atoms with Gasteiger partial charge in [-0.05, 0) is 87.7 Å². The lowest BCUT2D eigenvalue weighted by molar-refractivity contribution is -0.126. The first-order valence-electron chi connectivity index (χ1n) is 12.2. The molecule has 1 N–H and O–H groups in total. The van der Waals surface area contributed by atoms with E-state index in [2.05, 4.69) is 30.3 Å². The fourth-order valence-electron chi connectivity index (χ4n) is 7.53. The molecular weight excluding hydrogens is 420 g/mol. The van der Waals surface area contributed by atoms with Crippen LogP contribution in [0.3, 0.4) is 0 Å². The molecule has 4 fully saturated rings. The Bertz CT molecular complexity index is 1250. The number of rotatable bonds is 5. The van der Waals surface area contributed by atoms with E-state index in [1.165, 1.54) is 48.1 Å².